The largest absolute Gasteiger partial charge is 0.397 e. The van der Waals surface area contributed by atoms with Crippen molar-refractivity contribution in [3.05, 3.63) is 41.0 Å². The first kappa shape index (κ1) is 21.3. The summed E-state index contributed by atoms with van der Waals surface area (Å²) in [6, 6.07) is 9.09. The van der Waals surface area contributed by atoms with E-state index in [4.69, 9.17) is 39.9 Å². The van der Waals surface area contributed by atoms with Crippen molar-refractivity contribution < 1.29 is 0 Å². The van der Waals surface area contributed by atoms with E-state index in [1.165, 1.54) is 0 Å². The molecular weight excluding hydrogens is 425 g/mol. The fraction of sp³-hybridized carbons (Fsp3) is 0.263. The van der Waals surface area contributed by atoms with E-state index in [9.17, 15) is 5.26 Å². The molecule has 11 heteroatoms. The van der Waals surface area contributed by atoms with E-state index >= 15 is 0 Å². The number of nitrogens with zero attached hydrogens (tertiary/aromatic N) is 5. The average Bonchev–Trinajstić information content (AvgIpc) is 2.73. The van der Waals surface area contributed by atoms with E-state index in [2.05, 4.69) is 25.5 Å². The van der Waals surface area contributed by atoms with Crippen LogP contribution < -0.4 is 27.0 Å². The first-order valence-electron chi connectivity index (χ1n) is 8.99. The highest BCUT2D eigenvalue weighted by Gasteiger charge is 2.29. The number of halogens is 2. The number of nitrogens with two attached hydrogens (primary N) is 2. The first-order valence-corrected chi connectivity index (χ1v) is 10.1. The molecule has 0 bridgehead atoms. The Hall–Kier alpha value is -3.40. The minimum absolute atomic E-state index is 0.00588. The summed E-state index contributed by atoms with van der Waals surface area (Å²) in [6.07, 6.45) is 1.83. The zero-order chi connectivity index (χ0) is 21.7. The van der Waals surface area contributed by atoms with Crippen LogP contribution in [-0.2, 0) is 0 Å². The minimum atomic E-state index is -0.583. The number of nitriles is 2. The van der Waals surface area contributed by atoms with E-state index in [0.29, 0.717) is 36.2 Å². The van der Waals surface area contributed by atoms with Gasteiger partial charge in [-0.2, -0.15) is 10.5 Å². The number of guanidine groups is 1. The Morgan fingerprint density at radius 1 is 1.13 bits per heavy atom. The predicted octanol–water partition coefficient (Wildman–Crippen LogP) is 2.34. The van der Waals surface area contributed by atoms with Crippen LogP contribution >= 0.6 is 23.2 Å². The Labute approximate surface area is 183 Å². The molecular formula is C19H19Cl2N9. The fourth-order valence-electron chi connectivity index (χ4n) is 3.26. The number of alkyl halides is 2. The second kappa shape index (κ2) is 9.40. The smallest absolute Gasteiger partial charge is 0.211 e. The number of nitrogens with one attached hydrogen (secondary N) is 2. The van der Waals surface area contributed by atoms with Crippen LogP contribution in [0.5, 0.6) is 0 Å². The highest BCUT2D eigenvalue weighted by Crippen LogP contribution is 2.40. The van der Waals surface area contributed by atoms with Crippen LogP contribution in [0.25, 0.3) is 0 Å². The quantitative estimate of drug-likeness (QED) is 0.301. The number of anilines is 4. The van der Waals surface area contributed by atoms with Crippen molar-refractivity contribution in [2.24, 2.45) is 4.99 Å². The molecule has 1 aliphatic heterocycles. The van der Waals surface area contributed by atoms with Crippen LogP contribution in [0.2, 0.25) is 0 Å². The molecule has 2 aromatic rings. The Morgan fingerprint density at radius 2 is 1.80 bits per heavy atom. The summed E-state index contributed by atoms with van der Waals surface area (Å²) in [6.45, 7) is 1.33. The van der Waals surface area contributed by atoms with Gasteiger partial charge in [-0.1, -0.05) is 12.1 Å². The summed E-state index contributed by atoms with van der Waals surface area (Å²) < 4.78 is 0. The summed E-state index contributed by atoms with van der Waals surface area (Å²) >= 11 is 11.8. The van der Waals surface area contributed by atoms with Crippen molar-refractivity contribution in [3.8, 4) is 12.3 Å². The van der Waals surface area contributed by atoms with E-state index in [-0.39, 0.29) is 23.0 Å². The van der Waals surface area contributed by atoms with Gasteiger partial charge in [0.15, 0.2) is 6.19 Å². The maximum atomic E-state index is 9.40. The van der Waals surface area contributed by atoms with Gasteiger partial charge in [0.25, 0.3) is 0 Å². The maximum Gasteiger partial charge on any atom is 0.211 e. The lowest BCUT2D eigenvalue weighted by molar-refractivity contribution is 0.841. The Morgan fingerprint density at radius 3 is 2.37 bits per heavy atom. The molecule has 30 heavy (non-hydrogen) atoms. The van der Waals surface area contributed by atoms with Crippen molar-refractivity contribution in [2.45, 2.75) is 6.04 Å². The predicted molar refractivity (Wildman–Crippen MR) is 120 cm³/mol. The van der Waals surface area contributed by atoms with Crippen molar-refractivity contribution in [1.82, 2.24) is 10.3 Å². The number of aromatic nitrogens is 1. The molecule has 0 fully saturated rings. The van der Waals surface area contributed by atoms with Crippen LogP contribution in [0, 0.1) is 22.8 Å². The number of hydrogen-bond acceptors (Lipinski definition) is 9. The topological polar surface area (TPSA) is 152 Å². The number of rotatable bonds is 6. The molecule has 3 rings (SSSR count). The molecule has 6 N–H and O–H groups in total. The molecule has 2 heterocycles. The molecule has 0 spiro atoms. The minimum Gasteiger partial charge on any atom is -0.397 e. The normalized spacial score (nSPS) is 14.5. The summed E-state index contributed by atoms with van der Waals surface area (Å²) in [5.74, 6) is 1.52. The van der Waals surface area contributed by atoms with Crippen LogP contribution in [0.3, 0.4) is 0 Å². The van der Waals surface area contributed by atoms with Crippen molar-refractivity contribution in [2.75, 3.05) is 46.5 Å². The highest BCUT2D eigenvalue weighted by molar-refractivity contribution is 6.18. The van der Waals surface area contributed by atoms with Crippen LogP contribution in [0.15, 0.2) is 29.3 Å². The molecule has 9 nitrogen and oxygen atoms in total. The lowest BCUT2D eigenvalue weighted by Crippen LogP contribution is -2.32. The van der Waals surface area contributed by atoms with Gasteiger partial charge in [-0.15, -0.1) is 23.2 Å². The Kier molecular flexibility index (Phi) is 6.68. The molecule has 0 amide bonds. The van der Waals surface area contributed by atoms with E-state index in [1.807, 2.05) is 36.5 Å². The molecule has 1 unspecified atom stereocenters. The van der Waals surface area contributed by atoms with Gasteiger partial charge in [-0.05, 0) is 17.7 Å². The van der Waals surface area contributed by atoms with Gasteiger partial charge in [0.1, 0.15) is 29.3 Å². The van der Waals surface area contributed by atoms with Gasteiger partial charge in [-0.25, -0.2) is 9.98 Å². The van der Waals surface area contributed by atoms with Crippen molar-refractivity contribution >= 4 is 52.2 Å². The monoisotopic (exact) mass is 443 g/mol. The third-order valence-electron chi connectivity index (χ3n) is 4.64. The zero-order valence-electron chi connectivity index (χ0n) is 15.9. The van der Waals surface area contributed by atoms with Gasteiger partial charge in [0.05, 0.1) is 5.69 Å². The number of nitrogen functional groups attached to an aromatic ring is 2. The molecule has 1 aromatic heterocycles. The molecule has 154 valence electrons. The summed E-state index contributed by atoms with van der Waals surface area (Å²) in [4.78, 5) is 10.9. The van der Waals surface area contributed by atoms with Gasteiger partial charge in [0, 0.05) is 36.1 Å². The fourth-order valence-corrected chi connectivity index (χ4v) is 3.67. The lowest BCUT2D eigenvalue weighted by Gasteiger charge is -2.27. The number of fused-ring (bicyclic) bond motifs is 1. The van der Waals surface area contributed by atoms with Crippen LogP contribution in [0.4, 0.5) is 23.0 Å². The van der Waals surface area contributed by atoms with E-state index in [0.717, 1.165) is 11.3 Å². The summed E-state index contributed by atoms with van der Waals surface area (Å²) in [5.41, 5.74) is 14.7. The molecule has 1 atom stereocenters. The highest BCUT2D eigenvalue weighted by atomic mass is 35.5. The number of pyridine rings is 1. The Balaban J connectivity index is 2.07. The van der Waals surface area contributed by atoms with Crippen molar-refractivity contribution in [3.63, 3.8) is 0 Å². The molecule has 1 aliphatic rings. The molecule has 0 aliphatic carbocycles. The Bertz CT molecular complexity index is 1030. The van der Waals surface area contributed by atoms with E-state index in [1.54, 1.807) is 0 Å². The second-order valence-corrected chi connectivity index (χ2v) is 7.11. The average molecular weight is 444 g/mol. The van der Waals surface area contributed by atoms with Crippen LogP contribution in [-0.4, -0.2) is 35.8 Å². The molecule has 1 aromatic carbocycles. The van der Waals surface area contributed by atoms with Gasteiger partial charge >= 0.3 is 0 Å². The lowest BCUT2D eigenvalue weighted by atomic mass is 9.95. The van der Waals surface area contributed by atoms with Gasteiger partial charge in [-0.3, -0.25) is 5.32 Å². The SMILES string of the molecule is N#CNC1=NC(c2ccc(N(CCCl)CCCl)cc2)c2c(nc(N)c(C#N)c2N)N1. The zero-order valence-corrected chi connectivity index (χ0v) is 17.4. The van der Waals surface area contributed by atoms with E-state index < -0.39 is 6.04 Å². The van der Waals surface area contributed by atoms with Crippen LogP contribution in [0.1, 0.15) is 22.7 Å². The first-order chi connectivity index (χ1) is 14.5. The third-order valence-corrected chi connectivity index (χ3v) is 4.98. The number of aliphatic imine (C=N–C) groups is 1. The number of hydrogen-bond donors (Lipinski definition) is 4. The number of benzene rings is 1. The van der Waals surface area contributed by atoms with Gasteiger partial charge in [0.2, 0.25) is 5.96 Å². The standard InChI is InChI=1S/C19H19Cl2N9/c20-5-7-30(8-6-21)12-3-1-11(2-4-12)16-14-15(24)13(9-22)17(25)28-18(14)29-19(27-16)26-10-23/h1-4,16H,5-8H2,(H6,24,25,26,27,28,29). The molecule has 0 saturated heterocycles. The summed E-state index contributed by atoms with van der Waals surface area (Å²) in [5, 5.41) is 23.8. The second-order valence-electron chi connectivity index (χ2n) is 6.36. The molecule has 0 radical (unpaired) electrons. The van der Waals surface area contributed by atoms with Gasteiger partial charge < -0.3 is 21.7 Å². The molecule has 0 saturated carbocycles. The maximum absolute atomic E-state index is 9.40. The summed E-state index contributed by atoms with van der Waals surface area (Å²) in [7, 11) is 0. The van der Waals surface area contributed by atoms with Crippen molar-refractivity contribution in [1.29, 1.82) is 10.5 Å². The third kappa shape index (κ3) is 4.13.